The smallest absolute Gasteiger partial charge is 0.258 e. The molecule has 1 N–H and O–H groups in total. The molecule has 0 radical (unpaired) electrons. The van der Waals surface area contributed by atoms with E-state index in [-0.39, 0.29) is 0 Å². The van der Waals surface area contributed by atoms with E-state index in [0.29, 0.717) is 5.56 Å². The Bertz CT molecular complexity index is 1340. The first-order valence-corrected chi connectivity index (χ1v) is 12.0. The first-order chi connectivity index (χ1) is 15.7. The molecule has 0 aliphatic rings. The van der Waals surface area contributed by atoms with Gasteiger partial charge in [0.05, 0.1) is 28.9 Å². The highest BCUT2D eigenvalue weighted by Crippen LogP contribution is 2.41. The molecule has 0 amide bonds. The van der Waals surface area contributed by atoms with E-state index in [2.05, 4.69) is 48.6 Å². The van der Waals surface area contributed by atoms with Crippen LogP contribution >= 0.6 is 11.3 Å². The molecule has 5 nitrogen and oxygen atoms in total. The summed E-state index contributed by atoms with van der Waals surface area (Å²) >= 11 is 1.66. The topological polar surface area (TPSA) is 71.1 Å². The van der Waals surface area contributed by atoms with Crippen LogP contribution in [0.15, 0.2) is 48.0 Å². The van der Waals surface area contributed by atoms with E-state index in [9.17, 15) is 10.4 Å². The number of rotatable bonds is 6. The van der Waals surface area contributed by atoms with Gasteiger partial charge in [-0.3, -0.25) is 0 Å². The number of benzene rings is 2. The van der Waals surface area contributed by atoms with Gasteiger partial charge in [0.15, 0.2) is 0 Å². The largest absolute Gasteiger partial charge is 0.350 e. The number of ether oxygens (including phenoxy) is 1. The highest BCUT2D eigenvalue weighted by Gasteiger charge is 2.21. The standard InChI is InChI=1S/C27H29N3O2S/c1-6-7-18-12-20(15-28)24(25-17(2)10-11-33-25)22(13-18)19-8-9-23-21(14-19)16-29-30(23)26(31)32-27(3,4)5/h8-14,16,26,31H,6-7H2,1-5H3. The Morgan fingerprint density at radius 2 is 2.00 bits per heavy atom. The lowest BCUT2D eigenvalue weighted by Crippen LogP contribution is -2.26. The zero-order valence-electron chi connectivity index (χ0n) is 19.7. The number of aliphatic hydroxyl groups excluding tert-OH is 1. The minimum absolute atomic E-state index is 0.501. The number of aliphatic hydroxyl groups is 1. The lowest BCUT2D eigenvalue weighted by atomic mass is 9.90. The summed E-state index contributed by atoms with van der Waals surface area (Å²) in [6.07, 6.45) is 2.50. The predicted octanol–water partition coefficient (Wildman–Crippen LogP) is 6.83. The fourth-order valence-corrected chi connectivity index (χ4v) is 5.09. The molecule has 6 heteroatoms. The normalized spacial score (nSPS) is 12.8. The number of hydrogen-bond donors (Lipinski definition) is 1. The Labute approximate surface area is 198 Å². The lowest BCUT2D eigenvalue weighted by Gasteiger charge is -2.24. The fraction of sp³-hybridized carbons (Fsp3) is 0.333. The van der Waals surface area contributed by atoms with Crippen molar-refractivity contribution in [2.24, 2.45) is 0 Å². The molecule has 0 bridgehead atoms. The van der Waals surface area contributed by atoms with Crippen LogP contribution in [0.3, 0.4) is 0 Å². The zero-order chi connectivity index (χ0) is 23.8. The van der Waals surface area contributed by atoms with Gasteiger partial charge in [-0.15, -0.1) is 11.3 Å². The van der Waals surface area contributed by atoms with Gasteiger partial charge < -0.3 is 9.84 Å². The van der Waals surface area contributed by atoms with Crippen LogP contribution in [0.4, 0.5) is 0 Å². The van der Waals surface area contributed by atoms with Gasteiger partial charge in [-0.1, -0.05) is 25.5 Å². The van der Waals surface area contributed by atoms with Gasteiger partial charge in [0.1, 0.15) is 0 Å². The molecular weight excluding hydrogens is 430 g/mol. The van der Waals surface area contributed by atoms with Gasteiger partial charge >= 0.3 is 0 Å². The van der Waals surface area contributed by atoms with E-state index >= 15 is 0 Å². The van der Waals surface area contributed by atoms with Crippen LogP contribution in [0.2, 0.25) is 0 Å². The summed E-state index contributed by atoms with van der Waals surface area (Å²) in [4.78, 5) is 1.12. The van der Waals surface area contributed by atoms with Crippen molar-refractivity contribution in [3.8, 4) is 27.6 Å². The maximum absolute atomic E-state index is 10.5. The Morgan fingerprint density at radius 1 is 1.21 bits per heavy atom. The molecule has 0 fully saturated rings. The molecule has 170 valence electrons. The van der Waals surface area contributed by atoms with Crippen molar-refractivity contribution >= 4 is 22.2 Å². The molecule has 2 heterocycles. The van der Waals surface area contributed by atoms with Gasteiger partial charge in [-0.2, -0.15) is 10.4 Å². The van der Waals surface area contributed by atoms with Crippen molar-refractivity contribution in [3.05, 3.63) is 64.7 Å². The van der Waals surface area contributed by atoms with E-state index in [1.54, 1.807) is 17.5 Å². The molecule has 0 aliphatic carbocycles. The van der Waals surface area contributed by atoms with E-state index in [0.717, 1.165) is 56.4 Å². The lowest BCUT2D eigenvalue weighted by molar-refractivity contribution is -0.213. The first kappa shape index (κ1) is 23.2. The Balaban J connectivity index is 1.88. The Kier molecular flexibility index (Phi) is 6.40. The number of aryl methyl sites for hydroxylation is 2. The highest BCUT2D eigenvalue weighted by atomic mass is 32.1. The number of nitrogens with zero attached hydrogens (tertiary/aromatic N) is 3. The van der Waals surface area contributed by atoms with Crippen LogP contribution in [-0.4, -0.2) is 20.5 Å². The number of fused-ring (bicyclic) bond motifs is 1. The summed E-state index contributed by atoms with van der Waals surface area (Å²) in [7, 11) is 0. The summed E-state index contributed by atoms with van der Waals surface area (Å²) < 4.78 is 7.17. The second-order valence-electron chi connectivity index (χ2n) is 9.28. The molecule has 0 spiro atoms. The number of aromatic nitrogens is 2. The van der Waals surface area contributed by atoms with Crippen LogP contribution in [0, 0.1) is 18.3 Å². The molecular formula is C27H29N3O2S. The van der Waals surface area contributed by atoms with Crippen molar-refractivity contribution in [3.63, 3.8) is 0 Å². The van der Waals surface area contributed by atoms with Gasteiger partial charge in [-0.05, 0) is 86.0 Å². The summed E-state index contributed by atoms with van der Waals surface area (Å²) in [6, 6.07) is 14.8. The minimum Gasteiger partial charge on any atom is -0.350 e. The monoisotopic (exact) mass is 459 g/mol. The van der Waals surface area contributed by atoms with E-state index in [1.165, 1.54) is 4.68 Å². The summed E-state index contributed by atoms with van der Waals surface area (Å²) in [5, 5.41) is 27.9. The third-order valence-electron chi connectivity index (χ3n) is 5.52. The third kappa shape index (κ3) is 4.72. The van der Waals surface area contributed by atoms with Crippen molar-refractivity contribution < 1.29 is 9.84 Å². The van der Waals surface area contributed by atoms with Crippen LogP contribution in [0.5, 0.6) is 0 Å². The van der Waals surface area contributed by atoms with Crippen molar-refractivity contribution in [1.29, 1.82) is 5.26 Å². The molecule has 0 aliphatic heterocycles. The quantitative estimate of drug-likeness (QED) is 0.321. The molecule has 1 atom stereocenters. The minimum atomic E-state index is -1.17. The van der Waals surface area contributed by atoms with E-state index < -0.39 is 12.0 Å². The van der Waals surface area contributed by atoms with Crippen molar-refractivity contribution in [2.45, 2.75) is 59.5 Å². The Morgan fingerprint density at radius 3 is 2.64 bits per heavy atom. The third-order valence-corrected chi connectivity index (χ3v) is 6.56. The average molecular weight is 460 g/mol. The Hall–Kier alpha value is -2.98. The van der Waals surface area contributed by atoms with Crippen LogP contribution < -0.4 is 0 Å². The SMILES string of the molecule is CCCc1cc(C#N)c(-c2sccc2C)c(-c2ccc3c(cnn3C(O)OC(C)(C)C)c2)c1. The molecule has 2 aromatic heterocycles. The summed E-state index contributed by atoms with van der Waals surface area (Å²) in [6.45, 7) is 9.91. The molecule has 0 saturated carbocycles. The van der Waals surface area contributed by atoms with Crippen molar-refractivity contribution in [1.82, 2.24) is 9.78 Å². The predicted molar refractivity (Wildman–Crippen MR) is 134 cm³/mol. The second-order valence-corrected chi connectivity index (χ2v) is 10.2. The van der Waals surface area contributed by atoms with Gasteiger partial charge in [0.25, 0.3) is 6.41 Å². The second kappa shape index (κ2) is 9.11. The zero-order valence-corrected chi connectivity index (χ0v) is 20.5. The van der Waals surface area contributed by atoms with Crippen LogP contribution in [0.1, 0.15) is 57.2 Å². The maximum atomic E-state index is 10.5. The molecule has 33 heavy (non-hydrogen) atoms. The van der Waals surface area contributed by atoms with Gasteiger partial charge in [-0.25, -0.2) is 4.68 Å². The molecule has 1 unspecified atom stereocenters. The van der Waals surface area contributed by atoms with Crippen LogP contribution in [0.25, 0.3) is 32.5 Å². The van der Waals surface area contributed by atoms with E-state index in [4.69, 9.17) is 4.74 Å². The molecule has 0 saturated heterocycles. The summed E-state index contributed by atoms with van der Waals surface area (Å²) in [5.41, 5.74) is 6.35. The first-order valence-electron chi connectivity index (χ1n) is 11.2. The number of hydrogen-bond acceptors (Lipinski definition) is 5. The van der Waals surface area contributed by atoms with Crippen LogP contribution in [-0.2, 0) is 11.2 Å². The van der Waals surface area contributed by atoms with Gasteiger partial charge in [0, 0.05) is 15.8 Å². The summed E-state index contributed by atoms with van der Waals surface area (Å²) in [5.74, 6) is 0. The van der Waals surface area contributed by atoms with E-state index in [1.807, 2.05) is 39.0 Å². The fourth-order valence-electron chi connectivity index (χ4n) is 4.09. The van der Waals surface area contributed by atoms with Gasteiger partial charge in [0.2, 0.25) is 0 Å². The molecule has 4 aromatic rings. The molecule has 2 aromatic carbocycles. The molecule has 4 rings (SSSR count). The number of thiophene rings is 1. The maximum Gasteiger partial charge on any atom is 0.258 e. The average Bonchev–Trinajstić information content (AvgIpc) is 3.37. The highest BCUT2D eigenvalue weighted by molar-refractivity contribution is 7.13. The number of nitriles is 1. The van der Waals surface area contributed by atoms with Crippen molar-refractivity contribution in [2.75, 3.05) is 0 Å².